The third-order valence-corrected chi connectivity index (χ3v) is 8.22. The van der Waals surface area contributed by atoms with Crippen LogP contribution < -0.4 is 9.47 Å². The average Bonchev–Trinajstić information content (AvgIpc) is 3.00. The van der Waals surface area contributed by atoms with Gasteiger partial charge < -0.3 is 38.1 Å². The van der Waals surface area contributed by atoms with Crippen LogP contribution in [0.15, 0.2) is 48.5 Å². The van der Waals surface area contributed by atoms with E-state index in [4.69, 9.17) is 18.5 Å². The summed E-state index contributed by atoms with van der Waals surface area (Å²) in [6, 6.07) is 15.9. The Kier molecular flexibility index (Phi) is 20.3. The molecule has 0 saturated heterocycles. The van der Waals surface area contributed by atoms with E-state index in [0.29, 0.717) is 11.5 Å². The fourth-order valence-electron chi connectivity index (χ4n) is 4.91. The van der Waals surface area contributed by atoms with Crippen LogP contribution in [0.5, 0.6) is 11.5 Å². The second-order valence-electron chi connectivity index (χ2n) is 11.5. The van der Waals surface area contributed by atoms with Crippen molar-refractivity contribution >= 4 is 17.2 Å². The lowest BCUT2D eigenvalue weighted by atomic mass is 9.92. The molecule has 2 aromatic carbocycles. The minimum Gasteiger partial charge on any atom is -0.493 e. The Bertz CT molecular complexity index is 898. The highest BCUT2D eigenvalue weighted by molar-refractivity contribution is 7.39. The lowest BCUT2D eigenvalue weighted by Crippen LogP contribution is -2.43. The van der Waals surface area contributed by atoms with Crippen molar-refractivity contribution in [1.29, 1.82) is 0 Å². The van der Waals surface area contributed by atoms with Crippen LogP contribution in [0, 0.1) is 5.41 Å². The van der Waals surface area contributed by atoms with Gasteiger partial charge in [0.2, 0.25) is 0 Å². The summed E-state index contributed by atoms with van der Waals surface area (Å²) in [5, 5.41) is 0. The van der Waals surface area contributed by atoms with Gasteiger partial charge in [0.05, 0.1) is 18.6 Å². The summed E-state index contributed by atoms with van der Waals surface area (Å²) in [4.78, 5) is 38.1. The van der Waals surface area contributed by atoms with Gasteiger partial charge in [-0.3, -0.25) is 0 Å². The van der Waals surface area contributed by atoms with E-state index in [1.165, 1.54) is 75.3 Å². The van der Waals surface area contributed by atoms with Gasteiger partial charge >= 0.3 is 17.2 Å². The molecule has 0 saturated carbocycles. The number of benzene rings is 2. The third kappa shape index (κ3) is 17.7. The number of hydrogen-bond donors (Lipinski definition) is 4. The summed E-state index contributed by atoms with van der Waals surface area (Å²) in [7, 11) is -5.29. The summed E-state index contributed by atoms with van der Waals surface area (Å²) in [6.45, 7) is 4.17. The van der Waals surface area contributed by atoms with Crippen LogP contribution in [0.3, 0.4) is 0 Å². The second kappa shape index (κ2) is 23.1. The third-order valence-electron chi connectivity index (χ3n) is 7.50. The van der Waals surface area contributed by atoms with Gasteiger partial charge in [-0.05, 0) is 61.1 Å². The molecular weight excluding hydrogens is 586 g/mol. The zero-order valence-electron chi connectivity index (χ0n) is 26.2. The first kappa shape index (κ1) is 37.8. The maximum atomic E-state index is 9.52. The van der Waals surface area contributed by atoms with Gasteiger partial charge in [-0.25, -0.2) is 0 Å². The maximum Gasteiger partial charge on any atom is 0.327 e. The second-order valence-corrected chi connectivity index (χ2v) is 13.0. The van der Waals surface area contributed by atoms with Crippen LogP contribution in [-0.4, -0.2) is 46.0 Å². The van der Waals surface area contributed by atoms with Crippen molar-refractivity contribution in [3.05, 3.63) is 59.7 Å². The van der Waals surface area contributed by atoms with Crippen molar-refractivity contribution in [2.45, 2.75) is 104 Å². The maximum absolute atomic E-state index is 9.52. The number of rotatable bonds is 26. The average molecular weight is 641 g/mol. The lowest BCUT2D eigenvalue weighted by molar-refractivity contribution is -0.00890. The molecule has 0 radical (unpaired) electrons. The molecule has 43 heavy (non-hydrogen) atoms. The van der Waals surface area contributed by atoms with E-state index in [9.17, 15) is 19.6 Å². The largest absolute Gasteiger partial charge is 0.493 e. The van der Waals surface area contributed by atoms with E-state index in [-0.39, 0.29) is 26.4 Å². The highest BCUT2D eigenvalue weighted by Gasteiger charge is 2.36. The van der Waals surface area contributed by atoms with E-state index in [2.05, 4.69) is 26.0 Å². The molecule has 0 unspecified atom stereocenters. The van der Waals surface area contributed by atoms with E-state index in [1.54, 1.807) is 0 Å². The summed E-state index contributed by atoms with van der Waals surface area (Å²) in [5.74, 6) is 1.33. The summed E-state index contributed by atoms with van der Waals surface area (Å²) in [5.41, 5.74) is 1.32. The normalized spacial score (nSPS) is 11.9. The highest BCUT2D eigenvalue weighted by atomic mass is 31.2. The van der Waals surface area contributed by atoms with Crippen molar-refractivity contribution in [3.8, 4) is 11.5 Å². The molecule has 4 N–H and O–H groups in total. The number of aryl methyl sites for hydroxylation is 2. The van der Waals surface area contributed by atoms with Crippen LogP contribution in [0.2, 0.25) is 0 Å². The highest BCUT2D eigenvalue weighted by Crippen LogP contribution is 2.35. The molecule has 8 nitrogen and oxygen atoms in total. The molecule has 0 aliphatic heterocycles. The topological polar surface area (TPSA) is 118 Å². The molecule has 0 atom stereocenters. The molecule has 0 aliphatic carbocycles. The van der Waals surface area contributed by atoms with E-state index in [1.807, 2.05) is 36.4 Å². The van der Waals surface area contributed by atoms with Crippen LogP contribution in [-0.2, 0) is 21.9 Å². The fraction of sp³-hybridized carbons (Fsp3) is 0.636. The van der Waals surface area contributed by atoms with Crippen molar-refractivity contribution in [2.75, 3.05) is 26.4 Å². The SMILES string of the molecule is CCCCCCCCc1cccc(OCC(COc2cccc(CCCCCCCC)c2)(COP(O)O)COP(O)O)c1. The molecule has 0 amide bonds. The molecular formula is C33H54O8P2. The first-order valence-electron chi connectivity index (χ1n) is 15.9. The quantitative estimate of drug-likeness (QED) is 0.0598. The van der Waals surface area contributed by atoms with Crippen molar-refractivity contribution in [1.82, 2.24) is 0 Å². The smallest absolute Gasteiger partial charge is 0.327 e. The van der Waals surface area contributed by atoms with Crippen LogP contribution in [0.4, 0.5) is 0 Å². The Morgan fingerprint density at radius 2 is 0.930 bits per heavy atom. The summed E-state index contributed by atoms with van der Waals surface area (Å²) < 4.78 is 22.8. The Hall–Kier alpha value is -1.34. The monoisotopic (exact) mass is 640 g/mol. The molecule has 0 heterocycles. The fourth-order valence-corrected chi connectivity index (χ4v) is 5.69. The van der Waals surface area contributed by atoms with Crippen molar-refractivity contribution in [3.63, 3.8) is 0 Å². The lowest BCUT2D eigenvalue weighted by Gasteiger charge is -2.33. The molecule has 2 aromatic rings. The summed E-state index contributed by atoms with van der Waals surface area (Å²) in [6.07, 6.45) is 16.7. The first-order valence-corrected chi connectivity index (χ1v) is 18.2. The molecule has 10 heteroatoms. The number of hydrogen-bond acceptors (Lipinski definition) is 8. The Morgan fingerprint density at radius 1 is 0.535 bits per heavy atom. The van der Waals surface area contributed by atoms with Crippen LogP contribution >= 0.6 is 17.2 Å². The van der Waals surface area contributed by atoms with Gasteiger partial charge in [0.15, 0.2) is 0 Å². The van der Waals surface area contributed by atoms with Gasteiger partial charge in [-0.2, -0.15) is 0 Å². The minimum atomic E-state index is -2.64. The summed E-state index contributed by atoms with van der Waals surface area (Å²) >= 11 is 0. The van der Waals surface area contributed by atoms with Gasteiger partial charge in [-0.1, -0.05) is 102 Å². The molecule has 0 spiro atoms. The predicted molar refractivity (Wildman–Crippen MR) is 175 cm³/mol. The zero-order valence-corrected chi connectivity index (χ0v) is 28.0. The Morgan fingerprint density at radius 3 is 1.33 bits per heavy atom. The van der Waals surface area contributed by atoms with Gasteiger partial charge in [0.25, 0.3) is 0 Å². The number of unbranched alkanes of at least 4 members (excludes halogenated alkanes) is 10. The molecule has 0 aromatic heterocycles. The van der Waals surface area contributed by atoms with E-state index >= 15 is 0 Å². The van der Waals surface area contributed by atoms with Crippen molar-refractivity contribution < 1.29 is 38.1 Å². The standard InChI is InChI=1S/C33H54O8P2/c1-3-5-7-9-11-13-17-29-19-15-21-31(23-29)38-25-33(27-40-42(34)35,28-41-43(36)37)26-39-32-22-16-20-30(24-32)18-14-12-10-8-6-4-2/h15-16,19-24,34-37H,3-14,17-18,25-28H2,1-2H3. The molecule has 0 bridgehead atoms. The van der Waals surface area contributed by atoms with Crippen molar-refractivity contribution in [2.24, 2.45) is 5.41 Å². The molecule has 0 aliphatic rings. The Labute approximate surface area is 261 Å². The van der Waals surface area contributed by atoms with Crippen LogP contribution in [0.1, 0.15) is 102 Å². The van der Waals surface area contributed by atoms with E-state index < -0.39 is 22.6 Å². The van der Waals surface area contributed by atoms with Gasteiger partial charge in [-0.15, -0.1) is 0 Å². The van der Waals surface area contributed by atoms with E-state index in [0.717, 1.165) is 25.7 Å². The minimum absolute atomic E-state index is 0.0390. The Balaban J connectivity index is 2.06. The zero-order chi connectivity index (χ0) is 31.2. The van der Waals surface area contributed by atoms with Crippen LogP contribution in [0.25, 0.3) is 0 Å². The first-order chi connectivity index (χ1) is 20.9. The van der Waals surface area contributed by atoms with Gasteiger partial charge in [0.1, 0.15) is 24.7 Å². The number of ether oxygens (including phenoxy) is 2. The molecule has 2 rings (SSSR count). The molecule has 244 valence electrons. The van der Waals surface area contributed by atoms with Gasteiger partial charge in [0, 0.05) is 0 Å². The predicted octanol–water partition coefficient (Wildman–Crippen LogP) is 8.39. The molecule has 0 fully saturated rings.